The van der Waals surface area contributed by atoms with Gasteiger partial charge < -0.3 is 20.4 Å². The summed E-state index contributed by atoms with van der Waals surface area (Å²) in [6.07, 6.45) is 1.23. The van der Waals surface area contributed by atoms with Crippen LogP contribution in [0.25, 0.3) is 22.4 Å². The van der Waals surface area contributed by atoms with E-state index in [1.807, 2.05) is 80.7 Å². The van der Waals surface area contributed by atoms with Crippen molar-refractivity contribution in [3.05, 3.63) is 96.3 Å². The van der Waals surface area contributed by atoms with Gasteiger partial charge in [0, 0.05) is 48.3 Å². The van der Waals surface area contributed by atoms with Crippen molar-refractivity contribution in [3.63, 3.8) is 0 Å². The number of benzene rings is 2. The van der Waals surface area contributed by atoms with E-state index in [1.54, 1.807) is 0 Å². The molecular formula is C30H29N5O3. The van der Waals surface area contributed by atoms with Crippen LogP contribution < -0.4 is 15.8 Å². The van der Waals surface area contributed by atoms with E-state index in [2.05, 4.69) is 26.3 Å². The topological polar surface area (TPSA) is 102 Å². The predicted octanol–water partition coefficient (Wildman–Crippen LogP) is 4.99. The molecule has 0 spiro atoms. The molecule has 0 saturated carbocycles. The number of aryl methyl sites for hydroxylation is 1. The molecule has 3 heterocycles. The first-order valence-electron chi connectivity index (χ1n) is 12.3. The lowest BCUT2D eigenvalue weighted by Crippen LogP contribution is -2.31. The molecule has 2 aromatic carbocycles. The lowest BCUT2D eigenvalue weighted by atomic mass is 9.96. The number of likely N-dealkylation sites (N-methyl/N-ethyl adjacent to an activating group) is 1. The molecule has 2 aromatic heterocycles. The normalized spacial score (nSPS) is 13.0. The molecule has 2 amide bonds. The monoisotopic (exact) mass is 507 g/mol. The first-order chi connectivity index (χ1) is 18.3. The standard InChI is InChI=1S/C30H29N5O3/c1-4-25(36)33-22-12-8-21(9-13-22)29-27(28(30(31)37)24-18-34(3)16-17-35(24)29)20-10-14-23(15-11-20)38-26-7-5-6-19(2)32-26/h4-15H,1,16-18H2,2-3H3,(H2,31,37)(H,33,36). The average Bonchev–Trinajstić information content (AvgIpc) is 3.24. The summed E-state index contributed by atoms with van der Waals surface area (Å²) < 4.78 is 8.12. The number of pyridine rings is 1. The number of ether oxygens (including phenoxy) is 1. The Bertz CT molecular complexity index is 1520. The van der Waals surface area contributed by atoms with Gasteiger partial charge in [-0.15, -0.1) is 0 Å². The van der Waals surface area contributed by atoms with Gasteiger partial charge in [-0.1, -0.05) is 36.9 Å². The molecule has 1 aliphatic rings. The zero-order chi connectivity index (χ0) is 26.8. The van der Waals surface area contributed by atoms with Gasteiger partial charge in [-0.3, -0.25) is 14.5 Å². The number of nitrogens with two attached hydrogens (primary N) is 1. The van der Waals surface area contributed by atoms with Gasteiger partial charge in [0.1, 0.15) is 5.75 Å². The highest BCUT2D eigenvalue weighted by molar-refractivity contribution is 6.06. The highest BCUT2D eigenvalue weighted by Crippen LogP contribution is 2.41. The smallest absolute Gasteiger partial charge is 0.251 e. The van der Waals surface area contributed by atoms with E-state index in [4.69, 9.17) is 10.5 Å². The van der Waals surface area contributed by atoms with E-state index >= 15 is 0 Å². The Morgan fingerprint density at radius 1 is 1.03 bits per heavy atom. The molecule has 0 saturated heterocycles. The van der Waals surface area contributed by atoms with Gasteiger partial charge in [-0.25, -0.2) is 4.98 Å². The molecule has 0 fully saturated rings. The molecule has 1 aliphatic heterocycles. The van der Waals surface area contributed by atoms with Crippen molar-refractivity contribution in [1.82, 2.24) is 14.5 Å². The zero-order valence-corrected chi connectivity index (χ0v) is 21.4. The Balaban J connectivity index is 1.60. The fourth-order valence-electron chi connectivity index (χ4n) is 4.82. The second-order valence-electron chi connectivity index (χ2n) is 9.31. The van der Waals surface area contributed by atoms with Crippen molar-refractivity contribution in [1.29, 1.82) is 0 Å². The SMILES string of the molecule is C=CC(=O)Nc1ccc(-c2c(-c3ccc(Oc4cccc(C)n4)cc3)c(C(N)=O)c3n2CCN(C)C3)cc1. The van der Waals surface area contributed by atoms with Crippen LogP contribution in [0.4, 0.5) is 5.69 Å². The fourth-order valence-corrected chi connectivity index (χ4v) is 4.82. The lowest BCUT2D eigenvalue weighted by Gasteiger charge is -2.26. The van der Waals surface area contributed by atoms with Crippen molar-refractivity contribution in [2.24, 2.45) is 5.73 Å². The molecule has 3 N–H and O–H groups in total. The van der Waals surface area contributed by atoms with Crippen molar-refractivity contribution in [3.8, 4) is 34.0 Å². The molecule has 0 bridgehead atoms. The second-order valence-corrected chi connectivity index (χ2v) is 9.31. The van der Waals surface area contributed by atoms with Crippen LogP contribution in [-0.4, -0.2) is 39.9 Å². The third-order valence-electron chi connectivity index (χ3n) is 6.58. The molecule has 8 heteroatoms. The van der Waals surface area contributed by atoms with Crippen LogP contribution in [0.15, 0.2) is 79.4 Å². The van der Waals surface area contributed by atoms with Gasteiger partial charge in [0.15, 0.2) is 0 Å². The fraction of sp³-hybridized carbons (Fsp3) is 0.167. The predicted molar refractivity (Wildman–Crippen MR) is 148 cm³/mol. The van der Waals surface area contributed by atoms with E-state index in [9.17, 15) is 9.59 Å². The summed E-state index contributed by atoms with van der Waals surface area (Å²) >= 11 is 0. The van der Waals surface area contributed by atoms with Gasteiger partial charge >= 0.3 is 0 Å². The van der Waals surface area contributed by atoms with Crippen molar-refractivity contribution in [2.75, 3.05) is 18.9 Å². The van der Waals surface area contributed by atoms with E-state index in [0.29, 0.717) is 29.4 Å². The molecule has 0 aliphatic carbocycles. The number of hydrogen-bond acceptors (Lipinski definition) is 5. The first kappa shape index (κ1) is 25.0. The maximum atomic E-state index is 12.9. The van der Waals surface area contributed by atoms with Crippen molar-refractivity contribution < 1.29 is 14.3 Å². The maximum absolute atomic E-state index is 12.9. The number of anilines is 1. The van der Waals surface area contributed by atoms with E-state index in [0.717, 1.165) is 46.9 Å². The minimum Gasteiger partial charge on any atom is -0.439 e. The van der Waals surface area contributed by atoms with Gasteiger partial charge in [0.05, 0.1) is 11.3 Å². The van der Waals surface area contributed by atoms with Gasteiger partial charge in [0.2, 0.25) is 11.8 Å². The summed E-state index contributed by atoms with van der Waals surface area (Å²) in [4.78, 5) is 31.2. The third-order valence-corrected chi connectivity index (χ3v) is 6.58. The highest BCUT2D eigenvalue weighted by Gasteiger charge is 2.30. The number of carbonyl (C=O) groups is 2. The summed E-state index contributed by atoms with van der Waals surface area (Å²) in [5, 5.41) is 2.77. The van der Waals surface area contributed by atoms with Crippen LogP contribution in [0.2, 0.25) is 0 Å². The Morgan fingerprint density at radius 3 is 2.39 bits per heavy atom. The Hall–Kier alpha value is -4.69. The molecule has 5 rings (SSSR count). The van der Waals surface area contributed by atoms with Gasteiger partial charge in [-0.05, 0) is 61.5 Å². The number of hydrogen-bond donors (Lipinski definition) is 2. The summed E-state index contributed by atoms with van der Waals surface area (Å²) in [7, 11) is 2.03. The maximum Gasteiger partial charge on any atom is 0.251 e. The zero-order valence-electron chi connectivity index (χ0n) is 21.4. The Morgan fingerprint density at radius 2 is 1.74 bits per heavy atom. The van der Waals surface area contributed by atoms with E-state index < -0.39 is 5.91 Å². The molecule has 192 valence electrons. The third kappa shape index (κ3) is 4.94. The number of rotatable bonds is 7. The van der Waals surface area contributed by atoms with E-state index in [-0.39, 0.29) is 5.91 Å². The largest absolute Gasteiger partial charge is 0.439 e. The van der Waals surface area contributed by atoms with Crippen LogP contribution in [0.3, 0.4) is 0 Å². The van der Waals surface area contributed by atoms with E-state index in [1.165, 1.54) is 6.08 Å². The summed E-state index contributed by atoms with van der Waals surface area (Å²) in [6.45, 7) is 7.58. The van der Waals surface area contributed by atoms with Crippen molar-refractivity contribution in [2.45, 2.75) is 20.0 Å². The minimum atomic E-state index is -0.468. The highest BCUT2D eigenvalue weighted by atomic mass is 16.5. The number of carbonyl (C=O) groups excluding carboxylic acids is 2. The Kier molecular flexibility index (Phi) is 6.81. The number of nitrogens with one attached hydrogen (secondary N) is 1. The number of amides is 2. The van der Waals surface area contributed by atoms with Crippen LogP contribution in [-0.2, 0) is 17.9 Å². The van der Waals surface area contributed by atoms with Gasteiger partial charge in [-0.2, -0.15) is 0 Å². The molecular weight excluding hydrogens is 478 g/mol. The first-order valence-corrected chi connectivity index (χ1v) is 12.3. The number of aromatic nitrogens is 2. The molecule has 0 atom stereocenters. The van der Waals surface area contributed by atoms with Crippen LogP contribution in [0, 0.1) is 6.92 Å². The quantitative estimate of drug-likeness (QED) is 0.343. The van der Waals surface area contributed by atoms with Crippen LogP contribution >= 0.6 is 0 Å². The van der Waals surface area contributed by atoms with Crippen LogP contribution in [0.5, 0.6) is 11.6 Å². The number of nitrogens with zero attached hydrogens (tertiary/aromatic N) is 3. The molecule has 38 heavy (non-hydrogen) atoms. The average molecular weight is 508 g/mol. The Labute approximate surface area is 221 Å². The molecule has 4 aromatic rings. The molecule has 0 unspecified atom stereocenters. The summed E-state index contributed by atoms with van der Waals surface area (Å²) in [6, 6.07) is 20.8. The summed E-state index contributed by atoms with van der Waals surface area (Å²) in [5.74, 6) is 0.410. The molecule has 8 nitrogen and oxygen atoms in total. The molecule has 0 radical (unpaired) electrons. The number of fused-ring (bicyclic) bond motifs is 1. The van der Waals surface area contributed by atoms with Gasteiger partial charge in [0.25, 0.3) is 5.91 Å². The van der Waals surface area contributed by atoms with Crippen LogP contribution in [0.1, 0.15) is 21.7 Å². The minimum absolute atomic E-state index is 0.277. The number of primary amides is 1. The second kappa shape index (κ2) is 10.4. The lowest BCUT2D eigenvalue weighted by molar-refractivity contribution is -0.111. The van der Waals surface area contributed by atoms with Crippen molar-refractivity contribution >= 4 is 17.5 Å². The summed E-state index contributed by atoms with van der Waals surface area (Å²) in [5.41, 5.74) is 12.4.